The van der Waals surface area contributed by atoms with Crippen LogP contribution in [0.4, 0.5) is 0 Å². The number of hydrogen-bond donors (Lipinski definition) is 1. The lowest BCUT2D eigenvalue weighted by Crippen LogP contribution is -2.39. The van der Waals surface area contributed by atoms with Gasteiger partial charge in [0.1, 0.15) is 5.60 Å². The van der Waals surface area contributed by atoms with Gasteiger partial charge in [-0.15, -0.1) is 0 Å². The highest BCUT2D eigenvalue weighted by Gasteiger charge is 2.63. The number of carboxylic acids is 1. The van der Waals surface area contributed by atoms with Crippen LogP contribution in [0.3, 0.4) is 0 Å². The van der Waals surface area contributed by atoms with Gasteiger partial charge >= 0.3 is 11.9 Å². The first-order valence-electron chi connectivity index (χ1n) is 6.69. The highest BCUT2D eigenvalue weighted by Crippen LogP contribution is 2.59. The first-order valence-corrected chi connectivity index (χ1v) is 6.69. The third-order valence-corrected chi connectivity index (χ3v) is 5.12. The normalized spacial score (nSPS) is 39.2. The Balaban J connectivity index is 2.37. The van der Waals surface area contributed by atoms with E-state index in [9.17, 15) is 14.7 Å². The second-order valence-electron chi connectivity index (χ2n) is 6.45. The van der Waals surface area contributed by atoms with Gasteiger partial charge in [-0.05, 0) is 38.5 Å². The number of hydrogen-bond acceptors (Lipinski definition) is 3. The van der Waals surface area contributed by atoms with Crippen molar-refractivity contribution in [1.82, 2.24) is 0 Å². The molecule has 1 aliphatic carbocycles. The summed E-state index contributed by atoms with van der Waals surface area (Å²) in [5.74, 6) is -1.56. The van der Waals surface area contributed by atoms with Crippen LogP contribution in [0.15, 0.2) is 0 Å². The Morgan fingerprint density at radius 3 is 2.61 bits per heavy atom. The van der Waals surface area contributed by atoms with Crippen LogP contribution in [-0.4, -0.2) is 22.6 Å². The second kappa shape index (κ2) is 3.97. The van der Waals surface area contributed by atoms with Crippen molar-refractivity contribution in [2.24, 2.45) is 23.2 Å². The van der Waals surface area contributed by atoms with Crippen molar-refractivity contribution in [3.63, 3.8) is 0 Å². The van der Waals surface area contributed by atoms with Gasteiger partial charge in [-0.2, -0.15) is 0 Å². The third-order valence-electron chi connectivity index (χ3n) is 5.12. The minimum absolute atomic E-state index is 0.156. The second-order valence-corrected chi connectivity index (χ2v) is 6.45. The van der Waals surface area contributed by atoms with Crippen molar-refractivity contribution in [1.29, 1.82) is 0 Å². The van der Waals surface area contributed by atoms with Crippen molar-refractivity contribution < 1.29 is 19.4 Å². The molecule has 1 aliphatic heterocycles. The van der Waals surface area contributed by atoms with E-state index in [1.165, 1.54) is 0 Å². The van der Waals surface area contributed by atoms with Gasteiger partial charge in [0.2, 0.25) is 0 Å². The maximum absolute atomic E-state index is 12.1. The number of fused-ring (bicyclic) bond motifs is 1. The fourth-order valence-corrected chi connectivity index (χ4v) is 4.14. The van der Waals surface area contributed by atoms with Crippen LogP contribution in [0, 0.1) is 23.2 Å². The molecule has 0 radical (unpaired) electrons. The summed E-state index contributed by atoms with van der Waals surface area (Å²) in [7, 11) is 0. The Kier molecular flexibility index (Phi) is 2.95. The summed E-state index contributed by atoms with van der Waals surface area (Å²) in [6.45, 7) is 7.69. The van der Waals surface area contributed by atoms with Crippen molar-refractivity contribution in [2.75, 3.05) is 0 Å². The molecule has 2 fully saturated rings. The molecule has 1 N–H and O–H groups in total. The van der Waals surface area contributed by atoms with Crippen LogP contribution in [0.1, 0.15) is 47.0 Å². The van der Waals surface area contributed by atoms with E-state index in [0.717, 1.165) is 12.8 Å². The molecule has 0 aromatic rings. The van der Waals surface area contributed by atoms with Crippen molar-refractivity contribution in [3.05, 3.63) is 0 Å². The smallest absolute Gasteiger partial charge is 0.310 e. The molecular formula is C14H22O4. The lowest BCUT2D eigenvalue weighted by Gasteiger charge is -2.34. The summed E-state index contributed by atoms with van der Waals surface area (Å²) in [6, 6.07) is 0. The van der Waals surface area contributed by atoms with Crippen molar-refractivity contribution in [3.8, 4) is 0 Å². The van der Waals surface area contributed by atoms with Gasteiger partial charge in [0, 0.05) is 5.92 Å². The molecule has 0 aromatic heterocycles. The van der Waals surface area contributed by atoms with Gasteiger partial charge < -0.3 is 9.84 Å². The Morgan fingerprint density at radius 1 is 1.50 bits per heavy atom. The zero-order chi connectivity index (χ0) is 13.7. The van der Waals surface area contributed by atoms with Gasteiger partial charge in [0.05, 0.1) is 11.8 Å². The van der Waals surface area contributed by atoms with E-state index < -0.39 is 22.9 Å². The zero-order valence-corrected chi connectivity index (χ0v) is 11.5. The SMILES string of the molecule is CCC(C(=O)O)C1(C)CCC2C1C(=O)OC2(C)C. The number of ether oxygens (including phenoxy) is 1. The van der Waals surface area contributed by atoms with E-state index in [2.05, 4.69) is 0 Å². The minimum atomic E-state index is -0.793. The van der Waals surface area contributed by atoms with Gasteiger partial charge in [0.15, 0.2) is 0 Å². The van der Waals surface area contributed by atoms with Crippen LogP contribution in [0.5, 0.6) is 0 Å². The molecular weight excluding hydrogens is 232 g/mol. The molecule has 4 atom stereocenters. The molecule has 4 nitrogen and oxygen atoms in total. The number of aliphatic carboxylic acids is 1. The molecule has 1 saturated carbocycles. The molecule has 2 rings (SSSR count). The molecule has 4 unspecified atom stereocenters. The zero-order valence-electron chi connectivity index (χ0n) is 11.5. The summed E-state index contributed by atoms with van der Waals surface area (Å²) in [5.41, 5.74) is -0.910. The number of esters is 1. The van der Waals surface area contributed by atoms with E-state index in [-0.39, 0.29) is 17.8 Å². The first kappa shape index (κ1) is 13.4. The molecule has 1 heterocycles. The number of carbonyl (C=O) groups is 2. The maximum Gasteiger partial charge on any atom is 0.310 e. The molecule has 0 amide bonds. The average molecular weight is 254 g/mol. The van der Waals surface area contributed by atoms with Crippen LogP contribution >= 0.6 is 0 Å². The van der Waals surface area contributed by atoms with E-state index in [1.54, 1.807) is 0 Å². The van der Waals surface area contributed by atoms with E-state index in [1.807, 2.05) is 27.7 Å². The predicted octanol–water partition coefficient (Wildman–Crippen LogP) is 2.47. The number of cyclic esters (lactones) is 1. The molecule has 18 heavy (non-hydrogen) atoms. The average Bonchev–Trinajstić information content (AvgIpc) is 2.67. The lowest BCUT2D eigenvalue weighted by molar-refractivity contribution is -0.155. The molecule has 4 heteroatoms. The van der Waals surface area contributed by atoms with Gasteiger partial charge in [-0.25, -0.2) is 0 Å². The highest BCUT2D eigenvalue weighted by molar-refractivity contribution is 5.80. The summed E-state index contributed by atoms with van der Waals surface area (Å²) < 4.78 is 5.45. The Labute approximate surface area is 108 Å². The van der Waals surface area contributed by atoms with E-state index in [4.69, 9.17) is 4.74 Å². The van der Waals surface area contributed by atoms with Crippen molar-refractivity contribution >= 4 is 11.9 Å². The van der Waals surface area contributed by atoms with Crippen molar-refractivity contribution in [2.45, 2.75) is 52.6 Å². The number of carboxylic acid groups (broad SMARTS) is 1. The quantitative estimate of drug-likeness (QED) is 0.786. The summed E-state index contributed by atoms with van der Waals surface area (Å²) in [5, 5.41) is 9.38. The Hall–Kier alpha value is -1.06. The largest absolute Gasteiger partial charge is 0.481 e. The predicted molar refractivity (Wildman–Crippen MR) is 65.9 cm³/mol. The lowest BCUT2D eigenvalue weighted by atomic mass is 9.66. The molecule has 2 aliphatic rings. The maximum atomic E-state index is 12.1. The molecule has 0 spiro atoms. The van der Waals surface area contributed by atoms with Crippen LogP contribution in [0.25, 0.3) is 0 Å². The van der Waals surface area contributed by atoms with Crippen LogP contribution < -0.4 is 0 Å². The van der Waals surface area contributed by atoms with Gasteiger partial charge in [-0.3, -0.25) is 9.59 Å². The Morgan fingerprint density at radius 2 is 2.11 bits per heavy atom. The molecule has 102 valence electrons. The van der Waals surface area contributed by atoms with E-state index in [0.29, 0.717) is 6.42 Å². The summed E-state index contributed by atoms with van der Waals surface area (Å²) >= 11 is 0. The fraction of sp³-hybridized carbons (Fsp3) is 0.857. The number of carbonyl (C=O) groups excluding carboxylic acids is 1. The van der Waals surface area contributed by atoms with Crippen LogP contribution in [0.2, 0.25) is 0 Å². The standard InChI is InChI=1S/C14H22O4/c1-5-8(11(15)16)14(4)7-6-9-10(14)12(17)18-13(9,2)3/h8-10H,5-7H2,1-4H3,(H,15,16). The number of rotatable bonds is 3. The molecule has 0 aromatic carbocycles. The van der Waals surface area contributed by atoms with Gasteiger partial charge in [-0.1, -0.05) is 13.8 Å². The minimum Gasteiger partial charge on any atom is -0.481 e. The third kappa shape index (κ3) is 1.65. The van der Waals surface area contributed by atoms with Gasteiger partial charge in [0.25, 0.3) is 0 Å². The fourth-order valence-electron chi connectivity index (χ4n) is 4.14. The summed E-state index contributed by atoms with van der Waals surface area (Å²) in [6.07, 6.45) is 2.23. The van der Waals surface area contributed by atoms with E-state index >= 15 is 0 Å². The first-order chi connectivity index (χ1) is 8.24. The topological polar surface area (TPSA) is 63.6 Å². The highest BCUT2D eigenvalue weighted by atomic mass is 16.6. The Bertz CT molecular complexity index is 387. The molecule has 1 saturated heterocycles. The monoisotopic (exact) mass is 254 g/mol. The molecule has 0 bridgehead atoms. The van der Waals surface area contributed by atoms with Crippen LogP contribution in [-0.2, 0) is 14.3 Å². The summed E-state index contributed by atoms with van der Waals surface area (Å²) in [4.78, 5) is 23.5.